The number of nitrogens with zero attached hydrogens (tertiary/aromatic N) is 5. The lowest BCUT2D eigenvalue weighted by Gasteiger charge is -2.46. The molecule has 2 aromatic rings. The Bertz CT molecular complexity index is 977. The second-order valence-electron chi connectivity index (χ2n) is 7.83. The van der Waals surface area contributed by atoms with Crippen molar-refractivity contribution in [1.82, 2.24) is 9.97 Å². The first-order chi connectivity index (χ1) is 15.5. The maximum atomic E-state index is 12.4. The second-order valence-corrected chi connectivity index (χ2v) is 7.83. The molecule has 1 aromatic heterocycles. The largest absolute Gasteiger partial charge is 0.435 e. The summed E-state index contributed by atoms with van der Waals surface area (Å²) in [6.07, 6.45) is 8.71. The molecule has 4 rings (SSSR count). The third kappa shape index (κ3) is 4.30. The third-order valence-corrected chi connectivity index (χ3v) is 5.91. The molecule has 1 aromatic carbocycles. The Morgan fingerprint density at radius 2 is 2.03 bits per heavy atom. The summed E-state index contributed by atoms with van der Waals surface area (Å²) < 4.78 is 29.2. The maximum absolute atomic E-state index is 12.4. The van der Waals surface area contributed by atoms with Gasteiger partial charge in [-0.1, -0.05) is 26.3 Å². The minimum absolute atomic E-state index is 0.0668. The SMILES string of the molecule is C=C1[C@@H](CC)N(C2CCCC2)c2nc(Nc3ccc(OC(F)F)cc3)ncc2N1/C=N\N. The highest BCUT2D eigenvalue weighted by atomic mass is 19.3. The molecule has 0 unspecified atom stereocenters. The molecule has 1 aliphatic heterocycles. The first-order valence-corrected chi connectivity index (χ1v) is 10.7. The van der Waals surface area contributed by atoms with Crippen LogP contribution in [0.4, 0.5) is 31.9 Å². The standard InChI is InChI=1S/C22H27F2N7O/c1-3-18-14(2)30(13-27-25)19-12-26-22(29-20(19)31(18)16-6-4-5-7-16)28-15-8-10-17(11-9-15)32-21(23)24/h8-13,16,18,21H,2-7,25H2,1H3,(H,26,28,29)/b27-13-/t18-/m1/s1. The fourth-order valence-corrected chi connectivity index (χ4v) is 4.50. The number of rotatable bonds is 7. The molecular formula is C22H27F2N7O. The topological polar surface area (TPSA) is 91.9 Å². The lowest BCUT2D eigenvalue weighted by atomic mass is 10.0. The molecule has 0 bridgehead atoms. The first-order valence-electron chi connectivity index (χ1n) is 10.7. The molecule has 8 nitrogen and oxygen atoms in total. The van der Waals surface area contributed by atoms with Crippen LogP contribution in [0.15, 0.2) is 47.8 Å². The van der Waals surface area contributed by atoms with Gasteiger partial charge in [-0.25, -0.2) is 4.98 Å². The second kappa shape index (κ2) is 9.37. The fraction of sp³-hybridized carbons (Fsp3) is 0.409. The maximum Gasteiger partial charge on any atom is 0.387 e. The zero-order valence-corrected chi connectivity index (χ0v) is 17.9. The van der Waals surface area contributed by atoms with Crippen LogP contribution in [-0.4, -0.2) is 35.0 Å². The van der Waals surface area contributed by atoms with Crippen molar-refractivity contribution in [2.75, 3.05) is 15.1 Å². The summed E-state index contributed by atoms with van der Waals surface area (Å²) in [5.41, 5.74) is 2.32. The highest BCUT2D eigenvalue weighted by Gasteiger charge is 2.39. The molecule has 170 valence electrons. The van der Waals surface area contributed by atoms with Crippen LogP contribution >= 0.6 is 0 Å². The Hall–Kier alpha value is -3.43. The zero-order valence-electron chi connectivity index (χ0n) is 17.9. The molecule has 0 spiro atoms. The number of hydrogen-bond acceptors (Lipinski definition) is 7. The Morgan fingerprint density at radius 1 is 1.31 bits per heavy atom. The highest BCUT2D eigenvalue weighted by molar-refractivity contribution is 5.91. The van der Waals surface area contributed by atoms with Crippen molar-refractivity contribution in [1.29, 1.82) is 0 Å². The van der Waals surface area contributed by atoms with E-state index in [4.69, 9.17) is 10.8 Å². The van der Waals surface area contributed by atoms with E-state index in [1.54, 1.807) is 18.3 Å². The van der Waals surface area contributed by atoms with Crippen LogP contribution in [0.2, 0.25) is 0 Å². The van der Waals surface area contributed by atoms with Crippen LogP contribution < -0.4 is 25.7 Å². The van der Waals surface area contributed by atoms with Crippen molar-refractivity contribution in [2.24, 2.45) is 10.9 Å². The summed E-state index contributed by atoms with van der Waals surface area (Å²) in [6, 6.07) is 6.65. The number of anilines is 4. The number of halogens is 2. The quantitative estimate of drug-likeness (QED) is 0.280. The van der Waals surface area contributed by atoms with Gasteiger partial charge >= 0.3 is 6.61 Å². The van der Waals surface area contributed by atoms with Crippen molar-refractivity contribution in [3.8, 4) is 5.75 Å². The molecule has 0 saturated heterocycles. The average Bonchev–Trinajstić information content (AvgIpc) is 3.30. The Labute approximate surface area is 185 Å². The van der Waals surface area contributed by atoms with Gasteiger partial charge in [0.2, 0.25) is 5.95 Å². The molecule has 32 heavy (non-hydrogen) atoms. The molecule has 2 heterocycles. The van der Waals surface area contributed by atoms with Crippen molar-refractivity contribution in [2.45, 2.75) is 57.7 Å². The predicted molar refractivity (Wildman–Crippen MR) is 122 cm³/mol. The molecule has 1 aliphatic carbocycles. The first kappa shape index (κ1) is 21.8. The molecule has 0 amide bonds. The van der Waals surface area contributed by atoms with Crippen LogP contribution in [0, 0.1) is 0 Å². The lowest BCUT2D eigenvalue weighted by Crippen LogP contribution is -2.51. The van der Waals surface area contributed by atoms with Crippen LogP contribution in [0.5, 0.6) is 5.75 Å². The number of benzene rings is 1. The molecule has 1 saturated carbocycles. The van der Waals surface area contributed by atoms with Crippen molar-refractivity contribution < 1.29 is 13.5 Å². The highest BCUT2D eigenvalue weighted by Crippen LogP contribution is 2.42. The van der Waals surface area contributed by atoms with Gasteiger partial charge in [0.1, 0.15) is 17.8 Å². The Kier molecular flexibility index (Phi) is 6.38. The number of nitrogens with two attached hydrogens (primary N) is 1. The minimum Gasteiger partial charge on any atom is -0.435 e. The number of fused-ring (bicyclic) bond motifs is 1. The third-order valence-electron chi connectivity index (χ3n) is 5.91. The molecule has 1 fully saturated rings. The van der Waals surface area contributed by atoms with Crippen LogP contribution in [0.25, 0.3) is 0 Å². The number of hydrogen-bond donors (Lipinski definition) is 2. The number of nitrogens with one attached hydrogen (secondary N) is 1. The fourth-order valence-electron chi connectivity index (χ4n) is 4.50. The number of hydrazone groups is 1. The summed E-state index contributed by atoms with van der Waals surface area (Å²) >= 11 is 0. The van der Waals surface area contributed by atoms with Gasteiger partial charge in [0.05, 0.1) is 12.2 Å². The van der Waals surface area contributed by atoms with Crippen molar-refractivity contribution in [3.63, 3.8) is 0 Å². The summed E-state index contributed by atoms with van der Waals surface area (Å²) in [5, 5.41) is 6.85. The van der Waals surface area contributed by atoms with Gasteiger partial charge < -0.3 is 20.8 Å². The van der Waals surface area contributed by atoms with Gasteiger partial charge in [-0.2, -0.15) is 18.9 Å². The number of alkyl halides is 2. The smallest absolute Gasteiger partial charge is 0.387 e. The van der Waals surface area contributed by atoms with E-state index in [0.29, 0.717) is 17.7 Å². The van der Waals surface area contributed by atoms with Gasteiger partial charge in [0.15, 0.2) is 5.82 Å². The summed E-state index contributed by atoms with van der Waals surface area (Å²) in [6.45, 7) is 3.58. The van der Waals surface area contributed by atoms with Gasteiger partial charge in [-0.15, -0.1) is 0 Å². The predicted octanol–water partition coefficient (Wildman–Crippen LogP) is 4.58. The molecular weight excluding hydrogens is 416 g/mol. The van der Waals surface area contributed by atoms with Crippen LogP contribution in [0.3, 0.4) is 0 Å². The molecule has 0 radical (unpaired) electrons. The lowest BCUT2D eigenvalue weighted by molar-refractivity contribution is -0.0498. The van der Waals surface area contributed by atoms with E-state index in [1.807, 2.05) is 4.90 Å². The van der Waals surface area contributed by atoms with E-state index >= 15 is 0 Å². The minimum atomic E-state index is -2.86. The van der Waals surface area contributed by atoms with E-state index in [1.165, 1.54) is 31.3 Å². The zero-order chi connectivity index (χ0) is 22.7. The average molecular weight is 444 g/mol. The van der Waals surface area contributed by atoms with Crippen molar-refractivity contribution >= 4 is 29.5 Å². The number of aromatic nitrogens is 2. The van der Waals surface area contributed by atoms with E-state index in [-0.39, 0.29) is 11.8 Å². The molecule has 2 aliphatic rings. The van der Waals surface area contributed by atoms with Crippen molar-refractivity contribution in [3.05, 3.63) is 42.7 Å². The van der Waals surface area contributed by atoms with Gasteiger partial charge in [0, 0.05) is 17.4 Å². The van der Waals surface area contributed by atoms with Gasteiger partial charge in [-0.3, -0.25) is 4.90 Å². The van der Waals surface area contributed by atoms with E-state index in [9.17, 15) is 8.78 Å². The molecule has 3 N–H and O–H groups in total. The normalized spacial score (nSPS) is 19.1. The van der Waals surface area contributed by atoms with Crippen LogP contribution in [0.1, 0.15) is 39.0 Å². The summed E-state index contributed by atoms with van der Waals surface area (Å²) in [5.74, 6) is 6.75. The monoisotopic (exact) mass is 443 g/mol. The Balaban J connectivity index is 1.68. The van der Waals surface area contributed by atoms with Gasteiger partial charge in [0.25, 0.3) is 0 Å². The van der Waals surface area contributed by atoms with Crippen LogP contribution in [-0.2, 0) is 0 Å². The summed E-state index contributed by atoms with van der Waals surface area (Å²) in [4.78, 5) is 13.5. The van der Waals surface area contributed by atoms with E-state index < -0.39 is 6.61 Å². The number of ether oxygens (including phenoxy) is 1. The van der Waals surface area contributed by atoms with Gasteiger partial charge in [-0.05, 0) is 43.5 Å². The van der Waals surface area contributed by atoms with E-state index in [0.717, 1.165) is 36.5 Å². The summed E-state index contributed by atoms with van der Waals surface area (Å²) in [7, 11) is 0. The Morgan fingerprint density at radius 3 is 2.66 bits per heavy atom. The van der Waals surface area contributed by atoms with E-state index in [2.05, 4.69) is 38.5 Å². The molecule has 10 heteroatoms. The molecule has 1 atom stereocenters.